The summed E-state index contributed by atoms with van der Waals surface area (Å²) in [4.78, 5) is 23.2. The standard InChI is InChI=1S/C22H24N2O3S/c1-2-24-14-17(19-8-3-4-9-20(19)24)13-21(25)23-18-7-5-6-16(12-18)15-28-11-10-22(26)27/h3-9,12,14H,2,10-11,13,15H2,1H3,(H,23,25)(H,26,27). The van der Waals surface area contributed by atoms with Gasteiger partial charge in [-0.05, 0) is 36.2 Å². The number of carboxylic acids is 1. The number of carbonyl (C=O) groups excluding carboxylic acids is 1. The largest absolute Gasteiger partial charge is 0.481 e. The van der Waals surface area contributed by atoms with Crippen molar-refractivity contribution in [1.29, 1.82) is 0 Å². The normalized spacial score (nSPS) is 10.9. The highest BCUT2D eigenvalue weighted by molar-refractivity contribution is 7.98. The van der Waals surface area contributed by atoms with Crippen LogP contribution < -0.4 is 5.32 Å². The van der Waals surface area contributed by atoms with Crippen LogP contribution in [-0.2, 0) is 28.3 Å². The van der Waals surface area contributed by atoms with Crippen LogP contribution in [0.15, 0.2) is 54.7 Å². The molecule has 0 saturated heterocycles. The average Bonchev–Trinajstić information content (AvgIpc) is 3.03. The Morgan fingerprint density at radius 1 is 1.14 bits per heavy atom. The summed E-state index contributed by atoms with van der Waals surface area (Å²) in [6.45, 7) is 2.96. The number of carboxylic acid groups (broad SMARTS) is 1. The molecule has 1 aromatic heterocycles. The number of amides is 1. The number of hydrogen-bond acceptors (Lipinski definition) is 3. The van der Waals surface area contributed by atoms with Gasteiger partial charge in [-0.1, -0.05) is 30.3 Å². The first kappa shape index (κ1) is 20.0. The lowest BCUT2D eigenvalue weighted by molar-refractivity contribution is -0.136. The maximum atomic E-state index is 12.6. The van der Waals surface area contributed by atoms with Gasteiger partial charge in [-0.15, -0.1) is 0 Å². The van der Waals surface area contributed by atoms with E-state index in [-0.39, 0.29) is 12.3 Å². The zero-order valence-corrected chi connectivity index (χ0v) is 16.7. The smallest absolute Gasteiger partial charge is 0.304 e. The summed E-state index contributed by atoms with van der Waals surface area (Å²) in [5.74, 6) is 0.474. The summed E-state index contributed by atoms with van der Waals surface area (Å²) < 4.78 is 2.16. The first-order chi connectivity index (χ1) is 13.6. The number of anilines is 1. The van der Waals surface area contributed by atoms with Gasteiger partial charge in [-0.2, -0.15) is 11.8 Å². The van der Waals surface area contributed by atoms with Gasteiger partial charge in [-0.25, -0.2) is 0 Å². The number of carbonyl (C=O) groups is 2. The monoisotopic (exact) mass is 396 g/mol. The molecular weight excluding hydrogens is 372 g/mol. The van der Waals surface area contributed by atoms with Gasteiger partial charge in [0.1, 0.15) is 0 Å². The Kier molecular flexibility index (Phi) is 6.76. The lowest BCUT2D eigenvalue weighted by atomic mass is 10.1. The Morgan fingerprint density at radius 2 is 1.96 bits per heavy atom. The van der Waals surface area contributed by atoms with E-state index in [1.807, 2.05) is 36.4 Å². The van der Waals surface area contributed by atoms with Crippen LogP contribution >= 0.6 is 11.8 Å². The van der Waals surface area contributed by atoms with E-state index in [0.717, 1.165) is 40.0 Å². The highest BCUT2D eigenvalue weighted by atomic mass is 32.2. The lowest BCUT2D eigenvalue weighted by Gasteiger charge is -2.07. The van der Waals surface area contributed by atoms with Crippen LogP contribution in [0.2, 0.25) is 0 Å². The van der Waals surface area contributed by atoms with Crippen LogP contribution in [0, 0.1) is 0 Å². The Labute approximate surface area is 168 Å². The van der Waals surface area contributed by atoms with E-state index in [1.165, 1.54) is 0 Å². The number of hydrogen-bond donors (Lipinski definition) is 2. The van der Waals surface area contributed by atoms with Gasteiger partial charge in [0.05, 0.1) is 12.8 Å². The van der Waals surface area contributed by atoms with E-state index in [0.29, 0.717) is 12.2 Å². The molecule has 0 aliphatic carbocycles. The van der Waals surface area contributed by atoms with Crippen LogP contribution in [0.4, 0.5) is 5.69 Å². The number of benzene rings is 2. The molecule has 0 fully saturated rings. The van der Waals surface area contributed by atoms with Crippen molar-refractivity contribution in [2.24, 2.45) is 0 Å². The number of aryl methyl sites for hydroxylation is 1. The third kappa shape index (κ3) is 5.16. The minimum Gasteiger partial charge on any atom is -0.481 e. The third-order valence-corrected chi connectivity index (χ3v) is 5.53. The molecule has 3 rings (SSSR count). The highest BCUT2D eigenvalue weighted by Gasteiger charge is 2.11. The fourth-order valence-corrected chi connectivity index (χ4v) is 4.07. The number of nitrogens with zero attached hydrogens (tertiary/aromatic N) is 1. The van der Waals surface area contributed by atoms with Crippen molar-refractivity contribution >= 4 is 40.2 Å². The SMILES string of the molecule is CCn1cc(CC(=O)Nc2cccc(CSCCC(=O)O)c2)c2ccccc21. The number of fused-ring (bicyclic) bond motifs is 1. The number of aromatic nitrogens is 1. The van der Waals surface area contributed by atoms with Gasteiger partial charge in [0.15, 0.2) is 0 Å². The fourth-order valence-electron chi connectivity index (χ4n) is 3.19. The van der Waals surface area contributed by atoms with Crippen molar-refractivity contribution in [3.05, 3.63) is 65.9 Å². The van der Waals surface area contributed by atoms with E-state index < -0.39 is 5.97 Å². The summed E-state index contributed by atoms with van der Waals surface area (Å²) in [5.41, 5.74) is 4.00. The maximum absolute atomic E-state index is 12.6. The molecule has 6 heteroatoms. The number of nitrogens with one attached hydrogen (secondary N) is 1. The molecule has 1 heterocycles. The van der Waals surface area contributed by atoms with Gasteiger partial charge in [0.25, 0.3) is 0 Å². The zero-order valence-electron chi connectivity index (χ0n) is 15.9. The summed E-state index contributed by atoms with van der Waals surface area (Å²) in [5, 5.41) is 12.8. The summed E-state index contributed by atoms with van der Waals surface area (Å²) in [7, 11) is 0. The summed E-state index contributed by atoms with van der Waals surface area (Å²) in [6, 6.07) is 15.8. The molecule has 0 atom stereocenters. The Morgan fingerprint density at radius 3 is 2.75 bits per heavy atom. The number of thioether (sulfide) groups is 1. The third-order valence-electron chi connectivity index (χ3n) is 4.50. The molecule has 2 N–H and O–H groups in total. The summed E-state index contributed by atoms with van der Waals surface area (Å²) in [6.07, 6.45) is 2.54. The molecular formula is C22H24N2O3S. The summed E-state index contributed by atoms with van der Waals surface area (Å²) >= 11 is 1.58. The molecule has 0 aliphatic rings. The topological polar surface area (TPSA) is 71.3 Å². The number of aliphatic carboxylic acids is 1. The van der Waals surface area contributed by atoms with Gasteiger partial charge < -0.3 is 15.0 Å². The predicted octanol–water partition coefficient (Wildman–Crippen LogP) is 4.55. The molecule has 1 amide bonds. The van der Waals surface area contributed by atoms with Gasteiger partial charge in [-0.3, -0.25) is 9.59 Å². The van der Waals surface area contributed by atoms with Crippen LogP contribution in [0.3, 0.4) is 0 Å². The molecule has 0 saturated carbocycles. The maximum Gasteiger partial charge on any atom is 0.304 e. The average molecular weight is 397 g/mol. The lowest BCUT2D eigenvalue weighted by Crippen LogP contribution is -2.14. The van der Waals surface area contributed by atoms with Crippen molar-refractivity contribution in [3.8, 4) is 0 Å². The minimum atomic E-state index is -0.780. The van der Waals surface area contributed by atoms with E-state index in [1.54, 1.807) is 11.8 Å². The van der Waals surface area contributed by atoms with Crippen LogP contribution in [0.25, 0.3) is 10.9 Å². The second-order valence-electron chi connectivity index (χ2n) is 6.58. The minimum absolute atomic E-state index is 0.0466. The van der Waals surface area contributed by atoms with E-state index in [9.17, 15) is 9.59 Å². The van der Waals surface area contributed by atoms with E-state index in [2.05, 4.69) is 35.1 Å². The van der Waals surface area contributed by atoms with Gasteiger partial charge in [0, 0.05) is 40.8 Å². The van der Waals surface area contributed by atoms with Crippen molar-refractivity contribution < 1.29 is 14.7 Å². The van der Waals surface area contributed by atoms with Crippen molar-refractivity contribution in [1.82, 2.24) is 4.57 Å². The first-order valence-electron chi connectivity index (χ1n) is 9.32. The molecule has 0 radical (unpaired) electrons. The predicted molar refractivity (Wildman–Crippen MR) is 115 cm³/mol. The number of rotatable bonds is 9. The number of para-hydroxylation sites is 1. The molecule has 0 aliphatic heterocycles. The molecule has 28 heavy (non-hydrogen) atoms. The van der Waals surface area contributed by atoms with E-state index in [4.69, 9.17) is 5.11 Å². The van der Waals surface area contributed by atoms with Crippen LogP contribution in [0.1, 0.15) is 24.5 Å². The Bertz CT molecular complexity index is 981. The van der Waals surface area contributed by atoms with E-state index >= 15 is 0 Å². The molecule has 0 bridgehead atoms. The molecule has 3 aromatic rings. The first-order valence-corrected chi connectivity index (χ1v) is 10.5. The molecule has 0 spiro atoms. The second-order valence-corrected chi connectivity index (χ2v) is 7.68. The van der Waals surface area contributed by atoms with Gasteiger partial charge in [0.2, 0.25) is 5.91 Å². The van der Waals surface area contributed by atoms with Crippen molar-refractivity contribution in [3.63, 3.8) is 0 Å². The second kappa shape index (κ2) is 9.46. The van der Waals surface area contributed by atoms with Crippen LogP contribution in [-0.4, -0.2) is 27.3 Å². The molecule has 5 nitrogen and oxygen atoms in total. The highest BCUT2D eigenvalue weighted by Crippen LogP contribution is 2.23. The fraction of sp³-hybridized carbons (Fsp3) is 0.273. The zero-order chi connectivity index (χ0) is 19.9. The molecule has 2 aromatic carbocycles. The van der Waals surface area contributed by atoms with Crippen molar-refractivity contribution in [2.75, 3.05) is 11.1 Å². The Balaban J connectivity index is 1.62. The quantitative estimate of drug-likeness (QED) is 0.521. The van der Waals surface area contributed by atoms with Crippen molar-refractivity contribution in [2.45, 2.75) is 32.1 Å². The van der Waals surface area contributed by atoms with Gasteiger partial charge >= 0.3 is 5.97 Å². The molecule has 146 valence electrons. The Hall–Kier alpha value is -2.73. The van der Waals surface area contributed by atoms with Crippen LogP contribution in [0.5, 0.6) is 0 Å². The molecule has 0 unspecified atom stereocenters.